The van der Waals surface area contributed by atoms with E-state index in [1.807, 2.05) is 60.7 Å². The van der Waals surface area contributed by atoms with E-state index in [0.717, 1.165) is 41.4 Å². The van der Waals surface area contributed by atoms with Gasteiger partial charge < -0.3 is 24.2 Å². The van der Waals surface area contributed by atoms with Gasteiger partial charge in [-0.05, 0) is 61.4 Å². The van der Waals surface area contributed by atoms with Gasteiger partial charge in [0.2, 0.25) is 0 Å². The maximum absolute atomic E-state index is 11.3. The fourth-order valence-corrected chi connectivity index (χ4v) is 3.55. The van der Waals surface area contributed by atoms with Crippen LogP contribution in [0.2, 0.25) is 0 Å². The van der Waals surface area contributed by atoms with Gasteiger partial charge in [0.25, 0.3) is 0 Å². The van der Waals surface area contributed by atoms with Crippen LogP contribution < -0.4 is 19.1 Å². The van der Waals surface area contributed by atoms with Crippen molar-refractivity contribution in [3.8, 4) is 28.4 Å². The SMILES string of the molecule is CC(C)(Oc1cccc(-c2ccc(OCCN3CCOc4ccccc43)cc2)c1)C(=O)O. The predicted octanol–water partition coefficient (Wildman–Crippen LogP) is 4.87. The summed E-state index contributed by atoms with van der Waals surface area (Å²) in [5, 5.41) is 9.27. The number of carboxylic acids is 1. The zero-order valence-electron chi connectivity index (χ0n) is 18.3. The normalized spacial score (nSPS) is 13.1. The largest absolute Gasteiger partial charge is 0.492 e. The molecule has 0 spiro atoms. The Morgan fingerprint density at radius 2 is 1.78 bits per heavy atom. The molecule has 1 heterocycles. The molecule has 0 amide bonds. The number of ether oxygens (including phenoxy) is 3. The van der Waals surface area contributed by atoms with Crippen molar-refractivity contribution in [1.29, 1.82) is 0 Å². The van der Waals surface area contributed by atoms with Gasteiger partial charge in [0.05, 0.1) is 18.8 Å². The molecular weight excluding hydrogens is 406 g/mol. The Labute approximate surface area is 188 Å². The molecule has 0 radical (unpaired) electrons. The first kappa shape index (κ1) is 21.6. The summed E-state index contributed by atoms with van der Waals surface area (Å²) in [5.41, 5.74) is 1.75. The molecule has 0 aromatic heterocycles. The van der Waals surface area contributed by atoms with Crippen LogP contribution in [0.5, 0.6) is 17.2 Å². The zero-order valence-corrected chi connectivity index (χ0v) is 18.3. The van der Waals surface area contributed by atoms with Crippen LogP contribution in [-0.4, -0.2) is 43.0 Å². The lowest BCUT2D eigenvalue weighted by Crippen LogP contribution is -2.37. The number of benzene rings is 3. The lowest BCUT2D eigenvalue weighted by Gasteiger charge is -2.31. The minimum Gasteiger partial charge on any atom is -0.492 e. The molecule has 4 rings (SSSR count). The number of carbonyl (C=O) groups is 1. The third-order valence-corrected chi connectivity index (χ3v) is 5.36. The summed E-state index contributed by atoms with van der Waals surface area (Å²) in [6.07, 6.45) is 0. The third kappa shape index (κ3) is 4.97. The highest BCUT2D eigenvalue weighted by molar-refractivity contribution is 5.77. The molecule has 1 aliphatic heterocycles. The van der Waals surface area contributed by atoms with Crippen molar-refractivity contribution in [2.75, 3.05) is 31.2 Å². The van der Waals surface area contributed by atoms with Crippen LogP contribution >= 0.6 is 0 Å². The Kier molecular flexibility index (Phi) is 6.21. The minimum atomic E-state index is -1.29. The molecule has 166 valence electrons. The van der Waals surface area contributed by atoms with Gasteiger partial charge in [-0.1, -0.05) is 36.4 Å². The number of nitrogens with zero attached hydrogens (tertiary/aromatic N) is 1. The molecule has 3 aromatic carbocycles. The number of rotatable bonds is 8. The second-order valence-corrected chi connectivity index (χ2v) is 8.12. The monoisotopic (exact) mass is 433 g/mol. The second-order valence-electron chi connectivity index (χ2n) is 8.12. The molecule has 0 unspecified atom stereocenters. The lowest BCUT2D eigenvalue weighted by atomic mass is 10.0. The van der Waals surface area contributed by atoms with Crippen LogP contribution in [0.1, 0.15) is 13.8 Å². The molecule has 0 bridgehead atoms. The Morgan fingerprint density at radius 1 is 1.00 bits per heavy atom. The van der Waals surface area contributed by atoms with Crippen molar-refractivity contribution in [2.45, 2.75) is 19.4 Å². The number of aliphatic carboxylic acids is 1. The first-order valence-corrected chi connectivity index (χ1v) is 10.6. The van der Waals surface area contributed by atoms with E-state index in [2.05, 4.69) is 11.0 Å². The van der Waals surface area contributed by atoms with Gasteiger partial charge in [0.1, 0.15) is 30.5 Å². The molecular formula is C26H27NO5. The summed E-state index contributed by atoms with van der Waals surface area (Å²) in [7, 11) is 0. The van der Waals surface area contributed by atoms with Gasteiger partial charge in [-0.15, -0.1) is 0 Å². The average Bonchev–Trinajstić information content (AvgIpc) is 2.79. The van der Waals surface area contributed by atoms with Crippen LogP contribution in [0.4, 0.5) is 5.69 Å². The highest BCUT2D eigenvalue weighted by atomic mass is 16.5. The maximum Gasteiger partial charge on any atom is 0.347 e. The number of carboxylic acid groups (broad SMARTS) is 1. The molecule has 0 aliphatic carbocycles. The maximum atomic E-state index is 11.3. The van der Waals surface area contributed by atoms with Crippen LogP contribution in [0.15, 0.2) is 72.8 Å². The van der Waals surface area contributed by atoms with Gasteiger partial charge in [-0.3, -0.25) is 0 Å². The summed E-state index contributed by atoms with van der Waals surface area (Å²) in [4.78, 5) is 13.6. The summed E-state index contributed by atoms with van der Waals surface area (Å²) in [6, 6.07) is 23.3. The van der Waals surface area contributed by atoms with Gasteiger partial charge in [-0.2, -0.15) is 0 Å². The Morgan fingerprint density at radius 3 is 2.56 bits per heavy atom. The third-order valence-electron chi connectivity index (χ3n) is 5.36. The van der Waals surface area contributed by atoms with E-state index < -0.39 is 11.6 Å². The van der Waals surface area contributed by atoms with E-state index >= 15 is 0 Å². The van der Waals surface area contributed by atoms with E-state index in [4.69, 9.17) is 14.2 Å². The van der Waals surface area contributed by atoms with Gasteiger partial charge in [0, 0.05) is 0 Å². The van der Waals surface area contributed by atoms with Gasteiger partial charge in [0.15, 0.2) is 5.60 Å². The quantitative estimate of drug-likeness (QED) is 0.546. The van der Waals surface area contributed by atoms with E-state index in [1.54, 1.807) is 6.07 Å². The van der Waals surface area contributed by atoms with Gasteiger partial charge >= 0.3 is 5.97 Å². The number of anilines is 1. The molecule has 6 heteroatoms. The van der Waals surface area contributed by atoms with Crippen molar-refractivity contribution < 1.29 is 24.1 Å². The topological polar surface area (TPSA) is 68.2 Å². The molecule has 6 nitrogen and oxygen atoms in total. The fraction of sp³-hybridized carbons (Fsp3) is 0.269. The first-order valence-electron chi connectivity index (χ1n) is 10.6. The smallest absolute Gasteiger partial charge is 0.347 e. The molecule has 0 fully saturated rings. The van der Waals surface area contributed by atoms with Gasteiger partial charge in [-0.25, -0.2) is 4.79 Å². The minimum absolute atomic E-state index is 0.515. The van der Waals surface area contributed by atoms with Crippen molar-refractivity contribution in [3.05, 3.63) is 72.8 Å². The molecule has 1 N–H and O–H groups in total. The first-order chi connectivity index (χ1) is 15.4. The highest BCUT2D eigenvalue weighted by Crippen LogP contribution is 2.31. The van der Waals surface area contributed by atoms with E-state index in [9.17, 15) is 9.90 Å². The van der Waals surface area contributed by atoms with E-state index in [0.29, 0.717) is 19.0 Å². The van der Waals surface area contributed by atoms with Crippen molar-refractivity contribution in [2.24, 2.45) is 0 Å². The predicted molar refractivity (Wildman–Crippen MR) is 124 cm³/mol. The number of hydrogen-bond acceptors (Lipinski definition) is 5. The molecule has 3 aromatic rings. The fourth-order valence-electron chi connectivity index (χ4n) is 3.55. The second kappa shape index (κ2) is 9.22. The van der Waals surface area contributed by atoms with E-state index in [-0.39, 0.29) is 0 Å². The Hall–Kier alpha value is -3.67. The summed E-state index contributed by atoms with van der Waals surface area (Å²) in [5.74, 6) is 1.22. The highest BCUT2D eigenvalue weighted by Gasteiger charge is 2.29. The number of hydrogen-bond donors (Lipinski definition) is 1. The van der Waals surface area contributed by atoms with Crippen LogP contribution in [0.3, 0.4) is 0 Å². The van der Waals surface area contributed by atoms with Crippen molar-refractivity contribution in [1.82, 2.24) is 0 Å². The molecule has 1 aliphatic rings. The standard InChI is InChI=1S/C26H27NO5/c1-26(2,25(28)29)32-22-7-5-6-20(18-22)19-10-12-21(13-11-19)30-16-14-27-15-17-31-24-9-4-3-8-23(24)27/h3-13,18H,14-17H2,1-2H3,(H,28,29). The Balaban J connectivity index is 1.36. The number of para-hydroxylation sites is 2. The summed E-state index contributed by atoms with van der Waals surface area (Å²) in [6.45, 7) is 5.93. The molecule has 32 heavy (non-hydrogen) atoms. The van der Waals surface area contributed by atoms with Crippen LogP contribution in [-0.2, 0) is 4.79 Å². The summed E-state index contributed by atoms with van der Waals surface area (Å²) >= 11 is 0. The molecule has 0 saturated heterocycles. The Bertz CT molecular complexity index is 1080. The van der Waals surface area contributed by atoms with Crippen LogP contribution in [0, 0.1) is 0 Å². The molecule has 0 saturated carbocycles. The van der Waals surface area contributed by atoms with E-state index in [1.165, 1.54) is 13.8 Å². The molecule has 0 atom stereocenters. The zero-order chi connectivity index (χ0) is 22.6. The summed E-state index contributed by atoms with van der Waals surface area (Å²) < 4.78 is 17.3. The number of fused-ring (bicyclic) bond motifs is 1. The van der Waals surface area contributed by atoms with Crippen molar-refractivity contribution in [3.63, 3.8) is 0 Å². The van der Waals surface area contributed by atoms with Crippen molar-refractivity contribution >= 4 is 11.7 Å². The average molecular weight is 434 g/mol. The van der Waals surface area contributed by atoms with Crippen LogP contribution in [0.25, 0.3) is 11.1 Å². The lowest BCUT2D eigenvalue weighted by molar-refractivity contribution is -0.152.